The molecule has 2 atom stereocenters. The summed E-state index contributed by atoms with van der Waals surface area (Å²) in [6.45, 7) is 8.92. The van der Waals surface area contributed by atoms with Crippen LogP contribution >= 0.6 is 0 Å². The minimum absolute atomic E-state index is 0.244. The number of rotatable bonds is 3. The predicted molar refractivity (Wildman–Crippen MR) is 60.1 cm³/mol. The van der Waals surface area contributed by atoms with E-state index in [4.69, 9.17) is 0 Å². The second-order valence-corrected chi connectivity index (χ2v) is 5.22. The predicted octanol–water partition coefficient (Wildman–Crippen LogP) is 3.59. The van der Waals surface area contributed by atoms with Crippen molar-refractivity contribution in [3.05, 3.63) is 11.6 Å². The summed E-state index contributed by atoms with van der Waals surface area (Å²) in [6, 6.07) is 0. The quantitative estimate of drug-likeness (QED) is 0.495. The number of hydrogen-bond acceptors (Lipinski definition) is 1. The molecular formula is C13H22O. The third-order valence-corrected chi connectivity index (χ3v) is 3.79. The van der Waals surface area contributed by atoms with E-state index >= 15 is 0 Å². The molecule has 0 saturated carbocycles. The summed E-state index contributed by atoms with van der Waals surface area (Å²) in [5.74, 6) is 0.687. The lowest BCUT2D eigenvalue weighted by Gasteiger charge is -2.38. The molecule has 0 saturated heterocycles. The van der Waals surface area contributed by atoms with Gasteiger partial charge in [0.25, 0.3) is 0 Å². The Balaban J connectivity index is 2.91. The molecule has 0 amide bonds. The Morgan fingerprint density at radius 1 is 1.57 bits per heavy atom. The van der Waals surface area contributed by atoms with Crippen molar-refractivity contribution in [3.63, 3.8) is 0 Å². The zero-order valence-corrected chi connectivity index (χ0v) is 9.84. The molecule has 1 aliphatic carbocycles. The van der Waals surface area contributed by atoms with E-state index in [0.717, 1.165) is 25.5 Å². The molecule has 0 bridgehead atoms. The summed E-state index contributed by atoms with van der Waals surface area (Å²) in [5.41, 5.74) is 1.71. The molecule has 0 heterocycles. The third kappa shape index (κ3) is 2.26. The van der Waals surface area contributed by atoms with E-state index in [1.807, 2.05) is 0 Å². The second-order valence-electron chi connectivity index (χ2n) is 5.22. The lowest BCUT2D eigenvalue weighted by atomic mass is 9.66. The SMILES string of the molecule is CCC(C)(C)C1C=C(C)CCC1C=O. The molecule has 1 heteroatoms. The van der Waals surface area contributed by atoms with Crippen molar-refractivity contribution in [2.45, 2.75) is 47.0 Å². The fraction of sp³-hybridized carbons (Fsp3) is 0.769. The highest BCUT2D eigenvalue weighted by molar-refractivity contribution is 5.55. The summed E-state index contributed by atoms with van der Waals surface area (Å²) < 4.78 is 0. The van der Waals surface area contributed by atoms with Gasteiger partial charge in [-0.25, -0.2) is 0 Å². The minimum atomic E-state index is 0.244. The highest BCUT2D eigenvalue weighted by Crippen LogP contribution is 2.41. The molecule has 80 valence electrons. The van der Waals surface area contributed by atoms with Crippen LogP contribution in [-0.4, -0.2) is 6.29 Å². The Morgan fingerprint density at radius 3 is 2.71 bits per heavy atom. The first-order chi connectivity index (χ1) is 6.51. The molecule has 0 aromatic carbocycles. The van der Waals surface area contributed by atoms with E-state index in [1.165, 1.54) is 5.57 Å². The van der Waals surface area contributed by atoms with Crippen LogP contribution < -0.4 is 0 Å². The summed E-state index contributed by atoms with van der Waals surface area (Å²) in [5, 5.41) is 0. The summed E-state index contributed by atoms with van der Waals surface area (Å²) in [7, 11) is 0. The van der Waals surface area contributed by atoms with Crippen molar-refractivity contribution in [2.24, 2.45) is 17.3 Å². The number of carbonyl (C=O) groups is 1. The molecule has 0 N–H and O–H groups in total. The average molecular weight is 194 g/mol. The smallest absolute Gasteiger partial charge is 0.123 e. The molecule has 1 nitrogen and oxygen atoms in total. The standard InChI is InChI=1S/C13H22O/c1-5-13(3,4)12-8-10(2)6-7-11(12)9-14/h8-9,11-12H,5-7H2,1-4H3. The van der Waals surface area contributed by atoms with Gasteiger partial charge in [-0.05, 0) is 31.1 Å². The van der Waals surface area contributed by atoms with Gasteiger partial charge in [-0.1, -0.05) is 38.8 Å². The Bertz CT molecular complexity index is 238. The van der Waals surface area contributed by atoms with Gasteiger partial charge >= 0.3 is 0 Å². The fourth-order valence-electron chi connectivity index (χ4n) is 2.28. The number of carbonyl (C=O) groups excluding carboxylic acids is 1. The molecule has 0 aromatic heterocycles. The van der Waals surface area contributed by atoms with Crippen molar-refractivity contribution in [2.75, 3.05) is 0 Å². The number of aldehydes is 1. The van der Waals surface area contributed by atoms with Crippen LogP contribution in [0.2, 0.25) is 0 Å². The van der Waals surface area contributed by atoms with Crippen LogP contribution in [0.4, 0.5) is 0 Å². The third-order valence-electron chi connectivity index (χ3n) is 3.79. The van der Waals surface area contributed by atoms with Crippen molar-refractivity contribution in [1.29, 1.82) is 0 Å². The first kappa shape index (κ1) is 11.5. The molecule has 14 heavy (non-hydrogen) atoms. The van der Waals surface area contributed by atoms with Gasteiger partial charge in [0.2, 0.25) is 0 Å². The van der Waals surface area contributed by atoms with E-state index in [1.54, 1.807) is 0 Å². The molecule has 0 spiro atoms. The molecule has 0 radical (unpaired) electrons. The van der Waals surface area contributed by atoms with Gasteiger partial charge in [-0.2, -0.15) is 0 Å². The Kier molecular flexibility index (Phi) is 3.52. The van der Waals surface area contributed by atoms with E-state index in [-0.39, 0.29) is 11.3 Å². The number of allylic oxidation sites excluding steroid dienone is 2. The van der Waals surface area contributed by atoms with Crippen LogP contribution in [-0.2, 0) is 4.79 Å². The topological polar surface area (TPSA) is 17.1 Å². The van der Waals surface area contributed by atoms with Crippen LogP contribution in [0.25, 0.3) is 0 Å². The average Bonchev–Trinajstić information content (AvgIpc) is 2.18. The summed E-state index contributed by atoms with van der Waals surface area (Å²) in [6.07, 6.45) is 6.75. The van der Waals surface area contributed by atoms with Crippen molar-refractivity contribution < 1.29 is 4.79 Å². The van der Waals surface area contributed by atoms with E-state index < -0.39 is 0 Å². The molecule has 0 aromatic rings. The van der Waals surface area contributed by atoms with Gasteiger partial charge in [0.05, 0.1) is 0 Å². The molecule has 1 aliphatic rings. The Hall–Kier alpha value is -0.590. The van der Waals surface area contributed by atoms with Gasteiger partial charge in [0.15, 0.2) is 0 Å². The monoisotopic (exact) mass is 194 g/mol. The minimum Gasteiger partial charge on any atom is -0.303 e. The van der Waals surface area contributed by atoms with Gasteiger partial charge in [-0.15, -0.1) is 0 Å². The molecule has 1 rings (SSSR count). The lowest BCUT2D eigenvalue weighted by Crippen LogP contribution is -2.31. The van der Waals surface area contributed by atoms with Gasteiger partial charge in [0.1, 0.15) is 6.29 Å². The van der Waals surface area contributed by atoms with E-state index in [0.29, 0.717) is 5.92 Å². The maximum absolute atomic E-state index is 11.0. The van der Waals surface area contributed by atoms with Crippen molar-refractivity contribution in [1.82, 2.24) is 0 Å². The van der Waals surface area contributed by atoms with Crippen LogP contribution in [0.15, 0.2) is 11.6 Å². The largest absolute Gasteiger partial charge is 0.303 e. The first-order valence-electron chi connectivity index (χ1n) is 5.64. The molecule has 2 unspecified atom stereocenters. The van der Waals surface area contributed by atoms with Crippen molar-refractivity contribution in [3.8, 4) is 0 Å². The van der Waals surface area contributed by atoms with Crippen LogP contribution in [0.1, 0.15) is 47.0 Å². The van der Waals surface area contributed by atoms with Gasteiger partial charge in [0, 0.05) is 5.92 Å². The summed E-state index contributed by atoms with van der Waals surface area (Å²) in [4.78, 5) is 11.0. The normalized spacial score (nSPS) is 28.4. The molecular weight excluding hydrogens is 172 g/mol. The van der Waals surface area contributed by atoms with Gasteiger partial charge < -0.3 is 4.79 Å². The van der Waals surface area contributed by atoms with Crippen LogP contribution in [0.3, 0.4) is 0 Å². The Morgan fingerprint density at radius 2 is 2.21 bits per heavy atom. The zero-order valence-electron chi connectivity index (χ0n) is 9.84. The second kappa shape index (κ2) is 4.29. The maximum Gasteiger partial charge on any atom is 0.123 e. The Labute approximate surface area is 87.6 Å². The lowest BCUT2D eigenvalue weighted by molar-refractivity contribution is -0.113. The number of hydrogen-bond donors (Lipinski definition) is 0. The van der Waals surface area contributed by atoms with Gasteiger partial charge in [-0.3, -0.25) is 0 Å². The van der Waals surface area contributed by atoms with Crippen molar-refractivity contribution >= 4 is 6.29 Å². The van der Waals surface area contributed by atoms with E-state index in [9.17, 15) is 4.79 Å². The fourth-order valence-corrected chi connectivity index (χ4v) is 2.28. The zero-order chi connectivity index (χ0) is 10.8. The highest BCUT2D eigenvalue weighted by Gasteiger charge is 2.34. The highest BCUT2D eigenvalue weighted by atomic mass is 16.1. The summed E-state index contributed by atoms with van der Waals surface area (Å²) >= 11 is 0. The maximum atomic E-state index is 11.0. The molecule has 0 aliphatic heterocycles. The van der Waals surface area contributed by atoms with E-state index in [2.05, 4.69) is 33.8 Å². The van der Waals surface area contributed by atoms with Crippen LogP contribution in [0.5, 0.6) is 0 Å². The first-order valence-corrected chi connectivity index (χ1v) is 5.64. The molecule has 0 fully saturated rings. The van der Waals surface area contributed by atoms with Crippen LogP contribution in [0, 0.1) is 17.3 Å².